The van der Waals surface area contributed by atoms with Crippen LogP contribution >= 0.6 is 11.8 Å². The molecule has 1 aliphatic rings. The zero-order chi connectivity index (χ0) is 19.1. The molecule has 1 N–H and O–H groups in total. The largest absolute Gasteiger partial charge is 0.493 e. The molecule has 2 aromatic rings. The molecule has 3 rings (SSSR count). The molecular weight excluding hydrogens is 364 g/mol. The highest BCUT2D eigenvalue weighted by molar-refractivity contribution is 7.99. The number of carbonyl (C=O) groups is 1. The lowest BCUT2D eigenvalue weighted by molar-refractivity contribution is 0.0953. The van der Waals surface area contributed by atoms with Crippen molar-refractivity contribution in [3.63, 3.8) is 0 Å². The summed E-state index contributed by atoms with van der Waals surface area (Å²) in [7, 11) is 3.22. The van der Waals surface area contributed by atoms with Gasteiger partial charge in [-0.2, -0.15) is 11.8 Å². The highest BCUT2D eigenvalue weighted by atomic mass is 32.2. The number of amides is 1. The third kappa shape index (κ3) is 5.29. The average molecular weight is 388 g/mol. The molecule has 0 saturated carbocycles. The Morgan fingerprint density at radius 3 is 2.81 bits per heavy atom. The Balaban J connectivity index is 1.53. The summed E-state index contributed by atoms with van der Waals surface area (Å²) in [6.45, 7) is 0.520. The lowest BCUT2D eigenvalue weighted by Gasteiger charge is -2.12. The Morgan fingerprint density at radius 1 is 1.22 bits per heavy atom. The van der Waals surface area contributed by atoms with Gasteiger partial charge in [0.25, 0.3) is 5.91 Å². The van der Waals surface area contributed by atoms with Gasteiger partial charge in [-0.3, -0.25) is 4.79 Å². The van der Waals surface area contributed by atoms with Crippen LogP contribution in [-0.2, 0) is 6.42 Å². The second-order valence-corrected chi connectivity index (χ2v) is 7.33. The van der Waals surface area contributed by atoms with Crippen LogP contribution in [0.1, 0.15) is 22.3 Å². The fourth-order valence-corrected chi connectivity index (χ4v) is 3.94. The standard InChI is InChI=1S/C20H24N2O4S/c1-24-17-4-3-14(11-18(17)25-2)5-8-22-20(23)15-6-9-21-19(12-15)26-16-7-10-27-13-16/h3-4,6,9,11-12,16H,5,7-8,10,13H2,1-2H3,(H,22,23)/t16-/m1/s1. The molecule has 1 atom stereocenters. The van der Waals surface area contributed by atoms with E-state index in [0.29, 0.717) is 35.9 Å². The van der Waals surface area contributed by atoms with Gasteiger partial charge in [-0.05, 0) is 42.4 Å². The van der Waals surface area contributed by atoms with Crippen LogP contribution in [0.3, 0.4) is 0 Å². The van der Waals surface area contributed by atoms with E-state index in [1.54, 1.807) is 32.5 Å². The Labute approximate surface area is 163 Å². The number of benzene rings is 1. The molecule has 1 aromatic heterocycles. The Morgan fingerprint density at radius 2 is 2.07 bits per heavy atom. The minimum atomic E-state index is -0.136. The first-order valence-corrected chi connectivity index (χ1v) is 10.0. The van der Waals surface area contributed by atoms with Gasteiger partial charge >= 0.3 is 0 Å². The highest BCUT2D eigenvalue weighted by Crippen LogP contribution is 2.27. The molecule has 0 unspecified atom stereocenters. The lowest BCUT2D eigenvalue weighted by Crippen LogP contribution is -2.26. The Bertz CT molecular complexity index is 778. The van der Waals surface area contributed by atoms with Crippen molar-refractivity contribution >= 4 is 17.7 Å². The fraction of sp³-hybridized carbons (Fsp3) is 0.400. The summed E-state index contributed by atoms with van der Waals surface area (Å²) in [4.78, 5) is 16.6. The highest BCUT2D eigenvalue weighted by Gasteiger charge is 2.18. The maximum atomic E-state index is 12.4. The molecule has 144 valence electrons. The second-order valence-electron chi connectivity index (χ2n) is 6.18. The van der Waals surface area contributed by atoms with Crippen LogP contribution in [0.5, 0.6) is 17.4 Å². The normalized spacial score (nSPS) is 16.0. The molecule has 0 bridgehead atoms. The Kier molecular flexibility index (Phi) is 6.81. The molecule has 0 spiro atoms. The average Bonchev–Trinajstić information content (AvgIpc) is 3.21. The fourth-order valence-electron chi connectivity index (χ4n) is 2.85. The van der Waals surface area contributed by atoms with Gasteiger partial charge in [-0.25, -0.2) is 4.98 Å². The molecule has 1 amide bonds. The SMILES string of the molecule is COc1ccc(CCNC(=O)c2ccnc(O[C@@H]3CCSC3)c2)cc1OC. The summed E-state index contributed by atoms with van der Waals surface area (Å²) in [5.74, 6) is 3.83. The van der Waals surface area contributed by atoms with Crippen LogP contribution in [0.2, 0.25) is 0 Å². The molecular formula is C20H24N2O4S. The number of pyridine rings is 1. The van der Waals surface area contributed by atoms with Gasteiger partial charge in [0, 0.05) is 30.1 Å². The molecule has 0 aliphatic carbocycles. The van der Waals surface area contributed by atoms with Crippen LogP contribution in [0.15, 0.2) is 36.5 Å². The van der Waals surface area contributed by atoms with E-state index in [9.17, 15) is 4.79 Å². The smallest absolute Gasteiger partial charge is 0.251 e. The number of nitrogens with zero attached hydrogens (tertiary/aromatic N) is 1. The Hall–Kier alpha value is -2.41. The summed E-state index contributed by atoms with van der Waals surface area (Å²) < 4.78 is 16.4. The molecule has 7 heteroatoms. The van der Waals surface area contributed by atoms with Crippen LogP contribution < -0.4 is 19.5 Å². The summed E-state index contributed by atoms with van der Waals surface area (Å²) in [5, 5.41) is 2.94. The maximum absolute atomic E-state index is 12.4. The van der Waals surface area contributed by atoms with E-state index in [1.807, 2.05) is 30.0 Å². The first-order chi connectivity index (χ1) is 13.2. The molecule has 1 aliphatic heterocycles. The quantitative estimate of drug-likeness (QED) is 0.750. The van der Waals surface area contributed by atoms with Crippen molar-refractivity contribution in [2.45, 2.75) is 18.9 Å². The van der Waals surface area contributed by atoms with Gasteiger partial charge in [0.05, 0.1) is 14.2 Å². The third-order valence-electron chi connectivity index (χ3n) is 4.32. The molecule has 1 fully saturated rings. The van der Waals surface area contributed by atoms with Crippen molar-refractivity contribution in [3.05, 3.63) is 47.7 Å². The number of rotatable bonds is 8. The number of hydrogen-bond donors (Lipinski definition) is 1. The van der Waals surface area contributed by atoms with Crippen molar-refractivity contribution in [2.75, 3.05) is 32.3 Å². The first-order valence-electron chi connectivity index (χ1n) is 8.89. The van der Waals surface area contributed by atoms with Crippen molar-refractivity contribution in [2.24, 2.45) is 0 Å². The van der Waals surface area contributed by atoms with Gasteiger partial charge in [0.1, 0.15) is 6.10 Å². The van der Waals surface area contributed by atoms with Crippen molar-refractivity contribution in [1.82, 2.24) is 10.3 Å². The lowest BCUT2D eigenvalue weighted by atomic mass is 10.1. The van der Waals surface area contributed by atoms with Gasteiger partial charge in [-0.15, -0.1) is 0 Å². The number of thioether (sulfide) groups is 1. The molecule has 27 heavy (non-hydrogen) atoms. The van der Waals surface area contributed by atoms with Gasteiger partial charge in [0.2, 0.25) is 5.88 Å². The van der Waals surface area contributed by atoms with E-state index in [2.05, 4.69) is 10.3 Å². The topological polar surface area (TPSA) is 69.7 Å². The second kappa shape index (κ2) is 9.50. The van der Waals surface area contributed by atoms with E-state index in [4.69, 9.17) is 14.2 Å². The molecule has 0 radical (unpaired) electrons. The van der Waals surface area contributed by atoms with Crippen LogP contribution in [0.4, 0.5) is 0 Å². The summed E-state index contributed by atoms with van der Waals surface area (Å²) in [5.41, 5.74) is 1.61. The summed E-state index contributed by atoms with van der Waals surface area (Å²) in [6, 6.07) is 9.15. The zero-order valence-corrected chi connectivity index (χ0v) is 16.4. The third-order valence-corrected chi connectivity index (χ3v) is 5.45. The summed E-state index contributed by atoms with van der Waals surface area (Å²) in [6.07, 6.45) is 3.51. The zero-order valence-electron chi connectivity index (χ0n) is 15.6. The molecule has 6 nitrogen and oxygen atoms in total. The van der Waals surface area contributed by atoms with E-state index in [0.717, 1.165) is 23.5 Å². The van der Waals surface area contributed by atoms with E-state index in [1.165, 1.54) is 0 Å². The summed E-state index contributed by atoms with van der Waals surface area (Å²) >= 11 is 1.88. The number of carbonyl (C=O) groups excluding carboxylic acids is 1. The van der Waals surface area contributed by atoms with E-state index in [-0.39, 0.29) is 12.0 Å². The molecule has 2 heterocycles. The number of hydrogen-bond acceptors (Lipinski definition) is 6. The minimum absolute atomic E-state index is 0.136. The first kappa shape index (κ1) is 19.4. The number of ether oxygens (including phenoxy) is 3. The monoisotopic (exact) mass is 388 g/mol. The van der Waals surface area contributed by atoms with Crippen LogP contribution in [-0.4, -0.2) is 49.3 Å². The molecule has 1 aromatic carbocycles. The maximum Gasteiger partial charge on any atom is 0.251 e. The van der Waals surface area contributed by atoms with Crippen LogP contribution in [0, 0.1) is 0 Å². The van der Waals surface area contributed by atoms with E-state index < -0.39 is 0 Å². The number of nitrogens with one attached hydrogen (secondary N) is 1. The molecule has 1 saturated heterocycles. The minimum Gasteiger partial charge on any atom is -0.493 e. The van der Waals surface area contributed by atoms with Crippen molar-refractivity contribution < 1.29 is 19.0 Å². The van der Waals surface area contributed by atoms with Gasteiger partial charge < -0.3 is 19.5 Å². The van der Waals surface area contributed by atoms with Crippen molar-refractivity contribution in [3.8, 4) is 17.4 Å². The predicted molar refractivity (Wildman–Crippen MR) is 106 cm³/mol. The number of methoxy groups -OCH3 is 2. The predicted octanol–water partition coefficient (Wildman–Crippen LogP) is 2.96. The van der Waals surface area contributed by atoms with Gasteiger partial charge in [0.15, 0.2) is 11.5 Å². The van der Waals surface area contributed by atoms with Gasteiger partial charge in [-0.1, -0.05) is 6.07 Å². The number of aromatic nitrogens is 1. The van der Waals surface area contributed by atoms with E-state index >= 15 is 0 Å². The van der Waals surface area contributed by atoms with Crippen LogP contribution in [0.25, 0.3) is 0 Å². The van der Waals surface area contributed by atoms with Crippen molar-refractivity contribution in [1.29, 1.82) is 0 Å².